The number of nitrogens with zero attached hydrogens (tertiary/aromatic N) is 1. The van der Waals surface area contributed by atoms with E-state index in [0.717, 1.165) is 16.9 Å². The highest BCUT2D eigenvalue weighted by Gasteiger charge is 2.22. The van der Waals surface area contributed by atoms with E-state index in [1.165, 1.54) is 0 Å². The number of allylic oxidation sites excluding steroid dienone is 7. The van der Waals surface area contributed by atoms with E-state index in [1.807, 2.05) is 12.2 Å². The van der Waals surface area contributed by atoms with Crippen molar-refractivity contribution in [3.05, 3.63) is 74.0 Å². The second kappa shape index (κ2) is 7.44. The van der Waals surface area contributed by atoms with Gasteiger partial charge in [0.1, 0.15) is 0 Å². The van der Waals surface area contributed by atoms with Gasteiger partial charge in [-0.05, 0) is 5.57 Å². The molecule has 0 aromatic rings. The number of rotatable bonds is 6. The molecule has 0 aliphatic carbocycles. The van der Waals surface area contributed by atoms with Gasteiger partial charge in [0, 0.05) is 17.2 Å². The van der Waals surface area contributed by atoms with Crippen LogP contribution in [0.25, 0.3) is 0 Å². The lowest BCUT2D eigenvalue weighted by Gasteiger charge is -2.23. The largest absolute Gasteiger partial charge is 0.261 e. The molecule has 0 rings (SSSR count). The zero-order chi connectivity index (χ0) is 14.2. The van der Waals surface area contributed by atoms with Gasteiger partial charge in [0.05, 0.1) is 5.71 Å². The topological polar surface area (TPSA) is 12.4 Å². The first kappa shape index (κ1) is 16.1. The summed E-state index contributed by atoms with van der Waals surface area (Å²) < 4.78 is 0. The van der Waals surface area contributed by atoms with Crippen LogP contribution < -0.4 is 0 Å². The average Bonchev–Trinajstić information content (AvgIpc) is 2.31. The third-order valence-electron chi connectivity index (χ3n) is 2.33. The van der Waals surface area contributed by atoms with Gasteiger partial charge in [0.2, 0.25) is 0 Å². The van der Waals surface area contributed by atoms with Crippen LogP contribution in [-0.4, -0.2) is 5.71 Å². The third-order valence-corrected chi connectivity index (χ3v) is 2.33. The van der Waals surface area contributed by atoms with E-state index in [1.54, 1.807) is 24.4 Å². The van der Waals surface area contributed by atoms with Crippen molar-refractivity contribution < 1.29 is 0 Å². The molecule has 1 nitrogen and oxygen atoms in total. The van der Waals surface area contributed by atoms with Gasteiger partial charge in [-0.25, -0.2) is 0 Å². The van der Waals surface area contributed by atoms with Crippen molar-refractivity contribution in [3.63, 3.8) is 0 Å². The van der Waals surface area contributed by atoms with Crippen LogP contribution in [-0.2, 0) is 0 Å². The van der Waals surface area contributed by atoms with Crippen LogP contribution in [0.1, 0.15) is 20.8 Å². The van der Waals surface area contributed by atoms with Crippen molar-refractivity contribution >= 4 is 5.71 Å². The van der Waals surface area contributed by atoms with E-state index in [0.29, 0.717) is 0 Å². The summed E-state index contributed by atoms with van der Waals surface area (Å²) in [6.07, 6.45) is 10.7. The second-order valence-corrected chi connectivity index (χ2v) is 4.78. The molecule has 0 spiro atoms. The maximum absolute atomic E-state index is 4.39. The number of hydrogen-bond acceptors (Lipinski definition) is 1. The first-order valence-electron chi connectivity index (χ1n) is 5.90. The fraction of sp³-hybridized carbons (Fsp3) is 0.235. The fourth-order valence-corrected chi connectivity index (χ4v) is 1.55. The Balaban J connectivity index is 5.98. The van der Waals surface area contributed by atoms with E-state index in [9.17, 15) is 0 Å². The van der Waals surface area contributed by atoms with Crippen molar-refractivity contribution in [2.75, 3.05) is 0 Å². The molecule has 0 saturated carbocycles. The molecule has 0 bridgehead atoms. The first-order chi connectivity index (χ1) is 8.42. The summed E-state index contributed by atoms with van der Waals surface area (Å²) in [5.74, 6) is 0. The van der Waals surface area contributed by atoms with Crippen molar-refractivity contribution in [1.29, 1.82) is 0 Å². The smallest absolute Gasteiger partial charge is 0.0534 e. The Bertz CT molecular complexity index is 423. The highest BCUT2D eigenvalue weighted by molar-refractivity contribution is 6.07. The van der Waals surface area contributed by atoms with Crippen molar-refractivity contribution in [3.8, 4) is 0 Å². The number of hydrogen-bond donors (Lipinski definition) is 0. The van der Waals surface area contributed by atoms with Crippen LogP contribution >= 0.6 is 0 Å². The van der Waals surface area contributed by atoms with Crippen LogP contribution in [0.3, 0.4) is 0 Å². The van der Waals surface area contributed by atoms with Crippen LogP contribution in [0.5, 0.6) is 0 Å². The van der Waals surface area contributed by atoms with Gasteiger partial charge in [-0.1, -0.05) is 77.5 Å². The van der Waals surface area contributed by atoms with Crippen LogP contribution in [0.15, 0.2) is 79.0 Å². The molecule has 0 radical (unpaired) electrons. The van der Waals surface area contributed by atoms with Crippen LogP contribution in [0.4, 0.5) is 0 Å². The van der Waals surface area contributed by atoms with Crippen LogP contribution in [0.2, 0.25) is 0 Å². The van der Waals surface area contributed by atoms with E-state index in [4.69, 9.17) is 0 Å². The summed E-state index contributed by atoms with van der Waals surface area (Å²) in [6, 6.07) is 0. The predicted molar refractivity (Wildman–Crippen MR) is 83.8 cm³/mol. The Hall–Kier alpha value is -1.89. The third kappa shape index (κ3) is 4.54. The Kier molecular flexibility index (Phi) is 6.66. The van der Waals surface area contributed by atoms with Gasteiger partial charge in [-0.15, -0.1) is 0 Å². The summed E-state index contributed by atoms with van der Waals surface area (Å²) >= 11 is 0. The van der Waals surface area contributed by atoms with Crippen molar-refractivity contribution in [2.45, 2.75) is 20.8 Å². The quantitative estimate of drug-likeness (QED) is 0.457. The Morgan fingerprint density at radius 1 is 1.00 bits per heavy atom. The molecule has 0 N–H and O–H groups in total. The minimum atomic E-state index is -0.0893. The SMILES string of the molecule is C=C\C=C/C(C=C)=C(C=C)/C(=N\C=C)C(C)(C)C. The summed E-state index contributed by atoms with van der Waals surface area (Å²) in [5.41, 5.74) is 2.79. The van der Waals surface area contributed by atoms with E-state index >= 15 is 0 Å². The van der Waals surface area contributed by atoms with Gasteiger partial charge in [-0.2, -0.15) is 0 Å². The normalized spacial score (nSPS) is 14.1. The first-order valence-corrected chi connectivity index (χ1v) is 5.90. The molecule has 1 heteroatoms. The van der Waals surface area contributed by atoms with Gasteiger partial charge < -0.3 is 0 Å². The molecule has 0 unspecified atom stereocenters. The van der Waals surface area contributed by atoms with E-state index in [2.05, 4.69) is 52.1 Å². The standard InChI is InChI=1S/C17H23N/c1-8-12-13-14(9-2)15(10-3)16(18-11-4)17(5,6)7/h8-13H,1-4H2,5-7H3/b13-12-,15-14+,18-16+. The molecule has 0 fully saturated rings. The molecule has 0 amide bonds. The Morgan fingerprint density at radius 2 is 1.61 bits per heavy atom. The molecule has 0 heterocycles. The molecule has 0 aliphatic rings. The highest BCUT2D eigenvalue weighted by Crippen LogP contribution is 2.25. The average molecular weight is 241 g/mol. The minimum absolute atomic E-state index is 0.0893. The maximum Gasteiger partial charge on any atom is 0.0534 e. The summed E-state index contributed by atoms with van der Waals surface area (Å²) in [4.78, 5) is 4.39. The molecule has 0 aliphatic heterocycles. The fourth-order valence-electron chi connectivity index (χ4n) is 1.55. The predicted octanol–water partition coefficient (Wildman–Crippen LogP) is 5.03. The van der Waals surface area contributed by atoms with Gasteiger partial charge >= 0.3 is 0 Å². The lowest BCUT2D eigenvalue weighted by molar-refractivity contribution is 0.592. The maximum atomic E-state index is 4.39. The molecule has 0 atom stereocenters. The molecular formula is C17H23N. The second-order valence-electron chi connectivity index (χ2n) is 4.78. The van der Waals surface area contributed by atoms with Crippen LogP contribution in [0, 0.1) is 5.41 Å². The Labute approximate surface area is 111 Å². The minimum Gasteiger partial charge on any atom is -0.261 e. The molecule has 0 aromatic heterocycles. The highest BCUT2D eigenvalue weighted by atomic mass is 14.7. The lowest BCUT2D eigenvalue weighted by atomic mass is 9.83. The zero-order valence-electron chi connectivity index (χ0n) is 11.7. The zero-order valence-corrected chi connectivity index (χ0v) is 11.7. The van der Waals surface area contributed by atoms with Crippen molar-refractivity contribution in [2.24, 2.45) is 10.4 Å². The monoisotopic (exact) mass is 241 g/mol. The molecule has 18 heavy (non-hydrogen) atoms. The summed E-state index contributed by atoms with van der Waals surface area (Å²) in [7, 11) is 0. The molecule has 0 aromatic carbocycles. The molecular weight excluding hydrogens is 218 g/mol. The van der Waals surface area contributed by atoms with Crippen molar-refractivity contribution in [1.82, 2.24) is 0 Å². The van der Waals surface area contributed by atoms with E-state index < -0.39 is 0 Å². The number of aliphatic imine (C=N–C) groups is 1. The van der Waals surface area contributed by atoms with Gasteiger partial charge in [0.25, 0.3) is 0 Å². The Morgan fingerprint density at radius 3 is 1.94 bits per heavy atom. The summed E-state index contributed by atoms with van der Waals surface area (Å²) in [6.45, 7) is 21.4. The molecule has 0 saturated heterocycles. The molecule has 96 valence electrons. The lowest BCUT2D eigenvalue weighted by Crippen LogP contribution is -2.22. The van der Waals surface area contributed by atoms with E-state index in [-0.39, 0.29) is 5.41 Å². The summed E-state index contributed by atoms with van der Waals surface area (Å²) in [5, 5.41) is 0. The van der Waals surface area contributed by atoms with Gasteiger partial charge in [0.15, 0.2) is 0 Å². The van der Waals surface area contributed by atoms with Gasteiger partial charge in [-0.3, -0.25) is 4.99 Å².